The second-order valence-electron chi connectivity index (χ2n) is 6.17. The van der Waals surface area contributed by atoms with Gasteiger partial charge in [0.25, 0.3) is 5.91 Å². The van der Waals surface area contributed by atoms with Crippen molar-refractivity contribution in [1.29, 1.82) is 0 Å². The Hall–Kier alpha value is -1.95. The molecular formula is C17H24N4O2. The Morgan fingerprint density at radius 1 is 1.39 bits per heavy atom. The summed E-state index contributed by atoms with van der Waals surface area (Å²) in [6, 6.07) is 1.94. The van der Waals surface area contributed by atoms with Gasteiger partial charge in [0.2, 0.25) is 0 Å². The van der Waals surface area contributed by atoms with Gasteiger partial charge in [0, 0.05) is 32.1 Å². The molecule has 124 valence electrons. The number of hydrogen-bond acceptors (Lipinski definition) is 4. The number of nitrogens with zero attached hydrogens (tertiary/aromatic N) is 4. The largest absolute Gasteiger partial charge is 0.377 e. The quantitative estimate of drug-likeness (QED) is 0.871. The maximum atomic E-state index is 12.9. The van der Waals surface area contributed by atoms with Crippen molar-refractivity contribution < 1.29 is 9.53 Å². The summed E-state index contributed by atoms with van der Waals surface area (Å²) in [5.41, 5.74) is 3.15. The average molecular weight is 316 g/mol. The van der Waals surface area contributed by atoms with Gasteiger partial charge in [-0.2, -0.15) is 5.10 Å². The molecule has 1 atom stereocenters. The Kier molecular flexibility index (Phi) is 4.35. The van der Waals surface area contributed by atoms with Gasteiger partial charge in [0.05, 0.1) is 23.1 Å². The summed E-state index contributed by atoms with van der Waals surface area (Å²) in [5, 5.41) is 5.33. The molecule has 0 aliphatic carbocycles. The van der Waals surface area contributed by atoms with Gasteiger partial charge in [-0.15, -0.1) is 0 Å². The first kappa shape index (κ1) is 15.9. The van der Waals surface area contributed by atoms with Gasteiger partial charge >= 0.3 is 0 Å². The molecule has 3 rings (SSSR count). The maximum Gasteiger partial charge on any atom is 0.255 e. The topological polar surface area (TPSA) is 60.2 Å². The predicted molar refractivity (Wildman–Crippen MR) is 88.5 cm³/mol. The number of pyridine rings is 1. The van der Waals surface area contributed by atoms with Crippen LogP contribution in [0, 0.1) is 13.8 Å². The van der Waals surface area contributed by atoms with Gasteiger partial charge in [-0.3, -0.25) is 9.48 Å². The van der Waals surface area contributed by atoms with Gasteiger partial charge in [-0.25, -0.2) is 4.98 Å². The van der Waals surface area contributed by atoms with E-state index in [9.17, 15) is 4.79 Å². The molecule has 0 N–H and O–H groups in total. The summed E-state index contributed by atoms with van der Waals surface area (Å²) in [6.07, 6.45) is 2.15. The molecular weight excluding hydrogens is 292 g/mol. The van der Waals surface area contributed by atoms with Crippen molar-refractivity contribution in [2.24, 2.45) is 7.05 Å². The molecule has 0 spiro atoms. The molecule has 0 bridgehead atoms. The third kappa shape index (κ3) is 2.95. The van der Waals surface area contributed by atoms with Crippen LogP contribution >= 0.6 is 0 Å². The van der Waals surface area contributed by atoms with Crippen LogP contribution in [0.3, 0.4) is 0 Å². The highest BCUT2D eigenvalue weighted by atomic mass is 16.5. The number of carbonyl (C=O) groups is 1. The summed E-state index contributed by atoms with van der Waals surface area (Å²) >= 11 is 0. The highest BCUT2D eigenvalue weighted by Crippen LogP contribution is 2.22. The van der Waals surface area contributed by atoms with Crippen LogP contribution in [0.25, 0.3) is 11.0 Å². The van der Waals surface area contributed by atoms with Crippen LogP contribution < -0.4 is 0 Å². The number of carbonyl (C=O) groups excluding carboxylic acids is 1. The molecule has 2 aromatic rings. The Morgan fingerprint density at radius 3 is 2.91 bits per heavy atom. The van der Waals surface area contributed by atoms with E-state index in [0.717, 1.165) is 41.8 Å². The van der Waals surface area contributed by atoms with Crippen molar-refractivity contribution >= 4 is 16.9 Å². The Balaban J connectivity index is 1.91. The molecule has 0 unspecified atom stereocenters. The van der Waals surface area contributed by atoms with Gasteiger partial charge in [-0.1, -0.05) is 0 Å². The molecule has 1 amide bonds. The third-order valence-corrected chi connectivity index (χ3v) is 4.49. The van der Waals surface area contributed by atoms with E-state index in [2.05, 4.69) is 10.1 Å². The minimum atomic E-state index is 0.0459. The second-order valence-corrected chi connectivity index (χ2v) is 6.17. The molecule has 2 aromatic heterocycles. The van der Waals surface area contributed by atoms with Crippen molar-refractivity contribution in [2.75, 3.05) is 19.7 Å². The lowest BCUT2D eigenvalue weighted by atomic mass is 10.1. The lowest BCUT2D eigenvalue weighted by Gasteiger charge is -2.32. The van der Waals surface area contributed by atoms with Crippen LogP contribution in [-0.2, 0) is 11.8 Å². The summed E-state index contributed by atoms with van der Waals surface area (Å²) in [6.45, 7) is 7.96. The van der Waals surface area contributed by atoms with Crippen molar-refractivity contribution in [3.63, 3.8) is 0 Å². The zero-order valence-electron chi connectivity index (χ0n) is 14.3. The van der Waals surface area contributed by atoms with Gasteiger partial charge in [0.1, 0.15) is 0 Å². The third-order valence-electron chi connectivity index (χ3n) is 4.49. The number of aryl methyl sites for hydroxylation is 3. The van der Waals surface area contributed by atoms with E-state index in [0.29, 0.717) is 18.7 Å². The van der Waals surface area contributed by atoms with E-state index in [1.165, 1.54) is 0 Å². The molecule has 3 heterocycles. The predicted octanol–water partition coefficient (Wildman–Crippen LogP) is 2.23. The molecule has 0 radical (unpaired) electrons. The molecule has 1 aliphatic rings. The number of hydrogen-bond donors (Lipinski definition) is 0. The fourth-order valence-electron chi connectivity index (χ4n) is 3.31. The number of ether oxygens (including phenoxy) is 1. The van der Waals surface area contributed by atoms with E-state index in [1.807, 2.05) is 38.8 Å². The Morgan fingerprint density at radius 2 is 2.17 bits per heavy atom. The van der Waals surface area contributed by atoms with Crippen molar-refractivity contribution in [2.45, 2.75) is 39.7 Å². The van der Waals surface area contributed by atoms with E-state index >= 15 is 0 Å². The number of likely N-dealkylation sites (tertiary alicyclic amines) is 1. The average Bonchev–Trinajstić information content (AvgIpc) is 2.80. The van der Waals surface area contributed by atoms with E-state index < -0.39 is 0 Å². The summed E-state index contributed by atoms with van der Waals surface area (Å²) < 4.78 is 7.46. The van der Waals surface area contributed by atoms with E-state index in [-0.39, 0.29) is 12.0 Å². The first-order valence-electron chi connectivity index (χ1n) is 8.23. The lowest BCUT2D eigenvalue weighted by molar-refractivity contribution is 0.00720. The van der Waals surface area contributed by atoms with Crippen LogP contribution in [0.2, 0.25) is 0 Å². The molecule has 0 aromatic carbocycles. The van der Waals surface area contributed by atoms with Crippen molar-refractivity contribution in [3.05, 3.63) is 23.0 Å². The summed E-state index contributed by atoms with van der Waals surface area (Å²) in [7, 11) is 1.88. The fourth-order valence-corrected chi connectivity index (χ4v) is 3.31. The van der Waals surface area contributed by atoms with Crippen LogP contribution in [0.4, 0.5) is 0 Å². The smallest absolute Gasteiger partial charge is 0.255 e. The number of piperidine rings is 1. The maximum absolute atomic E-state index is 12.9. The van der Waals surface area contributed by atoms with Gasteiger partial charge < -0.3 is 9.64 Å². The first-order valence-corrected chi connectivity index (χ1v) is 8.23. The SMILES string of the molecule is CCO[C@@H]1CCCN(C(=O)c2cc3c(C)nn(C)c3nc2C)C1. The van der Waals surface area contributed by atoms with E-state index in [1.54, 1.807) is 4.68 Å². The fraction of sp³-hybridized carbons (Fsp3) is 0.588. The van der Waals surface area contributed by atoms with Crippen LogP contribution in [-0.4, -0.2) is 51.4 Å². The summed E-state index contributed by atoms with van der Waals surface area (Å²) in [4.78, 5) is 19.4. The monoisotopic (exact) mass is 316 g/mol. The van der Waals surface area contributed by atoms with Crippen LogP contribution in [0.15, 0.2) is 6.07 Å². The number of aromatic nitrogens is 3. The molecule has 1 fully saturated rings. The summed E-state index contributed by atoms with van der Waals surface area (Å²) in [5.74, 6) is 0.0459. The second kappa shape index (κ2) is 6.28. The minimum Gasteiger partial charge on any atom is -0.377 e. The Labute approximate surface area is 136 Å². The molecule has 1 saturated heterocycles. The van der Waals surface area contributed by atoms with E-state index in [4.69, 9.17) is 4.74 Å². The van der Waals surface area contributed by atoms with Gasteiger partial charge in [-0.05, 0) is 39.7 Å². The zero-order chi connectivity index (χ0) is 16.6. The molecule has 1 aliphatic heterocycles. The highest BCUT2D eigenvalue weighted by molar-refractivity contribution is 5.98. The molecule has 6 nitrogen and oxygen atoms in total. The molecule has 23 heavy (non-hydrogen) atoms. The van der Waals surface area contributed by atoms with Gasteiger partial charge in [0.15, 0.2) is 5.65 Å². The number of amides is 1. The van der Waals surface area contributed by atoms with Crippen LogP contribution in [0.5, 0.6) is 0 Å². The Bertz CT molecular complexity index is 736. The number of rotatable bonds is 3. The first-order chi connectivity index (χ1) is 11.0. The minimum absolute atomic E-state index is 0.0459. The molecule has 6 heteroatoms. The normalized spacial score (nSPS) is 18.6. The zero-order valence-corrected chi connectivity index (χ0v) is 14.3. The molecule has 0 saturated carbocycles. The van der Waals surface area contributed by atoms with Crippen molar-refractivity contribution in [1.82, 2.24) is 19.7 Å². The lowest BCUT2D eigenvalue weighted by Crippen LogP contribution is -2.43. The number of fused-ring (bicyclic) bond motifs is 1. The van der Waals surface area contributed by atoms with Crippen molar-refractivity contribution in [3.8, 4) is 0 Å². The standard InChI is InChI=1S/C17H24N4O2/c1-5-23-13-7-6-8-21(10-13)17(22)15-9-14-12(3)19-20(4)16(14)18-11(15)2/h9,13H,5-8,10H2,1-4H3/t13-/m1/s1. The highest BCUT2D eigenvalue weighted by Gasteiger charge is 2.26. The van der Waals surface area contributed by atoms with Crippen LogP contribution in [0.1, 0.15) is 41.5 Å².